The highest BCUT2D eigenvalue weighted by molar-refractivity contribution is 6.03. The van der Waals surface area contributed by atoms with Gasteiger partial charge in [-0.05, 0) is 113 Å². The summed E-state index contributed by atoms with van der Waals surface area (Å²) in [6, 6.07) is 10.1. The Bertz CT molecular complexity index is 1820. The minimum atomic E-state index is -1.41. The second-order valence-corrected chi connectivity index (χ2v) is 16.5. The van der Waals surface area contributed by atoms with E-state index in [0.29, 0.717) is 66.5 Å². The van der Waals surface area contributed by atoms with Crippen molar-refractivity contribution in [2.75, 3.05) is 40.1 Å². The highest BCUT2D eigenvalue weighted by Gasteiger charge is 2.65. The smallest absolute Gasteiger partial charge is 0.410 e. The van der Waals surface area contributed by atoms with Gasteiger partial charge < -0.3 is 38.7 Å². The normalized spacial score (nSPS) is 23.8. The first-order valence-corrected chi connectivity index (χ1v) is 21.1. The van der Waals surface area contributed by atoms with Gasteiger partial charge in [0.1, 0.15) is 34.6 Å². The van der Waals surface area contributed by atoms with E-state index in [1.165, 1.54) is 7.11 Å². The van der Waals surface area contributed by atoms with Crippen LogP contribution in [0.1, 0.15) is 107 Å². The summed E-state index contributed by atoms with van der Waals surface area (Å²) < 4.78 is 32.0. The molecule has 5 rings (SSSR count). The molecular formula is C47H64N2O10. The second kappa shape index (κ2) is 21.0. The third-order valence-corrected chi connectivity index (χ3v) is 11.3. The number of allylic oxidation sites excluding steroid dienone is 1. The minimum Gasteiger partial charge on any atom is -0.496 e. The number of hydrogen-bond donors (Lipinski definition) is 2. The Morgan fingerprint density at radius 3 is 2.42 bits per heavy atom. The molecule has 1 aliphatic heterocycles. The van der Waals surface area contributed by atoms with E-state index in [0.717, 1.165) is 43.1 Å². The van der Waals surface area contributed by atoms with E-state index in [9.17, 15) is 19.8 Å². The van der Waals surface area contributed by atoms with Crippen LogP contribution in [0.5, 0.6) is 23.0 Å². The number of aliphatic hydroxyl groups is 2. The lowest BCUT2D eigenvalue weighted by Crippen LogP contribution is -2.70. The summed E-state index contributed by atoms with van der Waals surface area (Å²) >= 11 is 0. The summed E-state index contributed by atoms with van der Waals surface area (Å²) in [7, 11) is 1.51. The molecule has 0 unspecified atom stereocenters. The van der Waals surface area contributed by atoms with Crippen LogP contribution in [0.3, 0.4) is 0 Å². The lowest BCUT2D eigenvalue weighted by molar-refractivity contribution is -0.255. The molecule has 6 atom stereocenters. The number of carbonyl (C=O) groups excluding carboxylic acids is 2. The van der Waals surface area contributed by atoms with Crippen molar-refractivity contribution in [2.24, 2.45) is 22.9 Å². The molecule has 1 fully saturated rings. The highest BCUT2D eigenvalue weighted by atomic mass is 16.7. The minimum absolute atomic E-state index is 0.0314. The average Bonchev–Trinajstić information content (AvgIpc) is 3.22. The number of rotatable bonds is 22. The van der Waals surface area contributed by atoms with E-state index in [1.807, 2.05) is 45.9 Å². The first-order chi connectivity index (χ1) is 28.5. The first-order valence-electron chi connectivity index (χ1n) is 21.1. The van der Waals surface area contributed by atoms with Crippen molar-refractivity contribution >= 4 is 18.1 Å². The van der Waals surface area contributed by atoms with Crippen LogP contribution in [0.15, 0.2) is 78.5 Å². The molecule has 12 nitrogen and oxygen atoms in total. The summed E-state index contributed by atoms with van der Waals surface area (Å²) in [6.45, 7) is 16.5. The predicted molar refractivity (Wildman–Crippen MR) is 227 cm³/mol. The molecule has 0 radical (unpaired) electrons. The molecule has 2 aliphatic carbocycles. The summed E-state index contributed by atoms with van der Waals surface area (Å²) in [4.78, 5) is 34.1. The average molecular weight is 817 g/mol. The molecule has 59 heavy (non-hydrogen) atoms. The van der Waals surface area contributed by atoms with Gasteiger partial charge in [-0.1, -0.05) is 43.1 Å². The topological polar surface area (TPSA) is 146 Å². The van der Waals surface area contributed by atoms with Gasteiger partial charge in [0.05, 0.1) is 37.5 Å². The molecule has 0 spiro atoms. The number of benzene rings is 2. The first kappa shape index (κ1) is 45.4. The SMILES string of the molecule is C=CCCOC(=O)N(CCC)[C@H]1CC(=NOC(C)(C)C)C2=C[C@H](CCCCO)[C@@H](CCCCO)[C@@H]3c4cc(Oc5ccc(OC)c(C=O)c5)ccc4O[C@@]1(OCC=C)[C@H]23. The molecule has 12 heteroatoms. The number of aldehydes is 1. The number of nitrogens with zero attached hydrogens (tertiary/aromatic N) is 2. The van der Waals surface area contributed by atoms with Gasteiger partial charge in [0.25, 0.3) is 0 Å². The van der Waals surface area contributed by atoms with E-state index in [4.69, 9.17) is 33.7 Å². The van der Waals surface area contributed by atoms with Gasteiger partial charge in [-0.3, -0.25) is 9.69 Å². The van der Waals surface area contributed by atoms with Crippen molar-refractivity contribution in [3.8, 4) is 23.0 Å². The maximum absolute atomic E-state index is 14.2. The van der Waals surface area contributed by atoms with Gasteiger partial charge in [-0.2, -0.15) is 0 Å². The fraction of sp³-hybridized carbons (Fsp3) is 0.553. The Morgan fingerprint density at radius 1 is 1.03 bits per heavy atom. The molecule has 0 bridgehead atoms. The molecule has 1 heterocycles. The standard InChI is InChI=1S/C47H64N2O10/c1-8-11-26-55-45(53)49(22-9-2)42-30-39(48-59-46(4,5)6)37-28-32(16-12-14-23-50)36(17-13-15-24-51)43-38-29-35(57-34-18-20-40(54-7)33(27-34)31-52)19-21-41(38)58-47(42,44(37)43)56-25-10-3/h8,10,18-21,27-29,31-32,36,42-44,50-51H,1,3,9,11-17,22-26,30H2,2,4-7H3/t32-,36+,42-,43+,44+,47+/m0/s1. The van der Waals surface area contributed by atoms with Crippen LogP contribution in [-0.2, 0) is 14.3 Å². The second-order valence-electron chi connectivity index (χ2n) is 16.5. The maximum Gasteiger partial charge on any atom is 0.410 e. The van der Waals surface area contributed by atoms with Crippen LogP contribution in [0.4, 0.5) is 4.79 Å². The molecule has 1 amide bonds. The summed E-state index contributed by atoms with van der Waals surface area (Å²) in [5, 5.41) is 24.7. The van der Waals surface area contributed by atoms with Crippen molar-refractivity contribution in [1.29, 1.82) is 0 Å². The third kappa shape index (κ3) is 10.6. The number of carbonyl (C=O) groups is 2. The lowest BCUT2D eigenvalue weighted by Gasteiger charge is -2.60. The number of methoxy groups -OCH3 is 1. The Hall–Kier alpha value is -4.65. The van der Waals surface area contributed by atoms with Crippen molar-refractivity contribution in [3.63, 3.8) is 0 Å². The zero-order valence-electron chi connectivity index (χ0n) is 35.5. The van der Waals surface area contributed by atoms with E-state index in [1.54, 1.807) is 35.3 Å². The Balaban J connectivity index is 1.78. The third-order valence-electron chi connectivity index (χ3n) is 11.3. The molecule has 2 aromatic carbocycles. The molecule has 3 aliphatic rings. The number of fused-ring (bicyclic) bond motifs is 2. The zero-order chi connectivity index (χ0) is 42.6. The number of aliphatic hydroxyl groups excluding tert-OH is 2. The molecule has 1 saturated carbocycles. The van der Waals surface area contributed by atoms with Crippen LogP contribution in [0.2, 0.25) is 0 Å². The quantitative estimate of drug-likeness (QED) is 0.0511. The zero-order valence-corrected chi connectivity index (χ0v) is 35.5. The van der Waals surface area contributed by atoms with E-state index < -0.39 is 29.4 Å². The van der Waals surface area contributed by atoms with Crippen LogP contribution in [0, 0.1) is 17.8 Å². The van der Waals surface area contributed by atoms with E-state index >= 15 is 0 Å². The monoisotopic (exact) mass is 816 g/mol. The fourth-order valence-corrected chi connectivity index (χ4v) is 8.84. The van der Waals surface area contributed by atoms with Crippen LogP contribution in [0.25, 0.3) is 0 Å². The number of ether oxygens (including phenoxy) is 5. The van der Waals surface area contributed by atoms with Gasteiger partial charge in [0, 0.05) is 37.7 Å². The van der Waals surface area contributed by atoms with Gasteiger partial charge in [-0.25, -0.2) is 4.79 Å². The summed E-state index contributed by atoms with van der Waals surface area (Å²) in [5.41, 5.74) is 2.32. The van der Waals surface area contributed by atoms with Crippen molar-refractivity contribution in [2.45, 2.75) is 109 Å². The van der Waals surface area contributed by atoms with Gasteiger partial charge in [-0.15, -0.1) is 13.2 Å². The number of unbranched alkanes of at least 4 members (excludes halogenated alkanes) is 2. The molecule has 0 saturated heterocycles. The predicted octanol–water partition coefficient (Wildman–Crippen LogP) is 9.16. The van der Waals surface area contributed by atoms with Crippen molar-refractivity contribution < 1.29 is 48.3 Å². The lowest BCUT2D eigenvalue weighted by atomic mass is 9.55. The summed E-state index contributed by atoms with van der Waals surface area (Å²) in [6.07, 6.45) is 11.9. The largest absolute Gasteiger partial charge is 0.496 e. The Labute approximate surface area is 349 Å². The van der Waals surface area contributed by atoms with Crippen molar-refractivity contribution in [1.82, 2.24) is 4.90 Å². The van der Waals surface area contributed by atoms with Crippen molar-refractivity contribution in [3.05, 3.63) is 84.5 Å². The van der Waals surface area contributed by atoms with Crippen LogP contribution in [-0.4, -0.2) is 90.7 Å². The number of oxime groups is 1. The number of amides is 1. The molecular weight excluding hydrogens is 753 g/mol. The summed E-state index contributed by atoms with van der Waals surface area (Å²) in [5.74, 6) is 0.0214. The maximum atomic E-state index is 14.2. The fourth-order valence-electron chi connectivity index (χ4n) is 8.84. The van der Waals surface area contributed by atoms with Gasteiger partial charge >= 0.3 is 6.09 Å². The highest BCUT2D eigenvalue weighted by Crippen LogP contribution is 2.62. The molecule has 2 N–H and O–H groups in total. The Morgan fingerprint density at radius 2 is 1.76 bits per heavy atom. The molecule has 0 aromatic heterocycles. The molecule has 2 aromatic rings. The Kier molecular flexibility index (Phi) is 16.2. The molecule has 322 valence electrons. The van der Waals surface area contributed by atoms with Crippen LogP contribution < -0.4 is 14.2 Å². The van der Waals surface area contributed by atoms with E-state index in [-0.39, 0.29) is 50.6 Å². The van der Waals surface area contributed by atoms with Gasteiger partial charge in [0.2, 0.25) is 5.79 Å². The van der Waals surface area contributed by atoms with Crippen LogP contribution >= 0.6 is 0 Å². The number of hydrogen-bond acceptors (Lipinski definition) is 11. The van der Waals surface area contributed by atoms with E-state index in [2.05, 4.69) is 19.2 Å². The van der Waals surface area contributed by atoms with Gasteiger partial charge in [0.15, 0.2) is 6.29 Å².